The van der Waals surface area contributed by atoms with Crippen LogP contribution in [0.25, 0.3) is 16.7 Å². The van der Waals surface area contributed by atoms with Gasteiger partial charge >= 0.3 is 31.3 Å². The zero-order chi connectivity index (χ0) is 27.3. The number of benzene rings is 1. The van der Waals surface area contributed by atoms with E-state index in [9.17, 15) is 47.6 Å². The maximum Gasteiger partial charge on any atom is 0.534 e. The normalized spacial score (nSPS) is 13.3. The van der Waals surface area contributed by atoms with Gasteiger partial charge in [-0.2, -0.15) is 48.2 Å². The van der Waals surface area contributed by atoms with E-state index < -0.39 is 71.7 Å². The molecule has 2 aromatic heterocycles. The van der Waals surface area contributed by atoms with Gasteiger partial charge in [-0.3, -0.25) is 0 Å². The standard InChI is InChI=1S/C17H12F7N3O7S2/c1-8(2)32-15-13-11(33-35(28,29)16(19,20)21)7-12(34-36(30,31)17(22,23)24)25-14(13)27(26-15)10-5-3-9(18)4-6-10/h3-8H,1-2H3. The number of pyridine rings is 1. The molecule has 0 fully saturated rings. The molecule has 0 amide bonds. The first kappa shape index (κ1) is 27.2. The van der Waals surface area contributed by atoms with E-state index in [1.165, 1.54) is 13.8 Å². The van der Waals surface area contributed by atoms with Crippen molar-refractivity contribution in [1.29, 1.82) is 0 Å². The fourth-order valence-electron chi connectivity index (χ4n) is 2.53. The molecule has 0 radical (unpaired) electrons. The second kappa shape index (κ2) is 8.95. The Kier molecular flexibility index (Phi) is 6.77. The second-order valence-corrected chi connectivity index (χ2v) is 10.1. The summed E-state index contributed by atoms with van der Waals surface area (Å²) >= 11 is 0. The number of hydrogen-bond acceptors (Lipinski definition) is 9. The number of fused-ring (bicyclic) bond motifs is 1. The maximum atomic E-state index is 13.4. The Morgan fingerprint density at radius 1 is 0.889 bits per heavy atom. The SMILES string of the molecule is CC(C)Oc1nn(-c2ccc(F)cc2)c2nc(OS(=O)(=O)C(F)(F)F)cc(OS(=O)(=O)C(F)(F)F)c12. The summed E-state index contributed by atoms with van der Waals surface area (Å²) in [4.78, 5) is 3.52. The van der Waals surface area contributed by atoms with Crippen molar-refractivity contribution in [2.24, 2.45) is 0 Å². The maximum absolute atomic E-state index is 13.4. The molecule has 0 aliphatic rings. The summed E-state index contributed by atoms with van der Waals surface area (Å²) in [7, 11) is -12.8. The van der Waals surface area contributed by atoms with Crippen LogP contribution >= 0.6 is 0 Å². The van der Waals surface area contributed by atoms with E-state index in [1.807, 2.05) is 0 Å². The lowest BCUT2D eigenvalue weighted by Gasteiger charge is -2.13. The molecule has 3 aromatic rings. The predicted octanol–water partition coefficient (Wildman–Crippen LogP) is 3.80. The van der Waals surface area contributed by atoms with Gasteiger partial charge in [0.25, 0.3) is 0 Å². The minimum absolute atomic E-state index is 0.0682. The van der Waals surface area contributed by atoms with Crippen molar-refractivity contribution in [1.82, 2.24) is 14.8 Å². The third kappa shape index (κ3) is 5.40. The van der Waals surface area contributed by atoms with Crippen LogP contribution in [0.5, 0.6) is 17.5 Å². The Morgan fingerprint density at radius 2 is 1.42 bits per heavy atom. The molecule has 0 bridgehead atoms. The smallest absolute Gasteiger partial charge is 0.473 e. The van der Waals surface area contributed by atoms with E-state index in [1.54, 1.807) is 0 Å². The Morgan fingerprint density at radius 3 is 1.92 bits per heavy atom. The van der Waals surface area contributed by atoms with Gasteiger partial charge in [0, 0.05) is 6.07 Å². The molecule has 0 saturated carbocycles. The average molecular weight is 567 g/mol. The first-order valence-electron chi connectivity index (χ1n) is 9.20. The summed E-state index contributed by atoms with van der Waals surface area (Å²) < 4.78 is 151. The molecule has 10 nitrogen and oxygen atoms in total. The van der Waals surface area contributed by atoms with Crippen LogP contribution in [0.2, 0.25) is 0 Å². The Bertz CT molecular complexity index is 1500. The molecule has 0 N–H and O–H groups in total. The average Bonchev–Trinajstić information content (AvgIpc) is 3.04. The first-order valence-corrected chi connectivity index (χ1v) is 12.0. The van der Waals surface area contributed by atoms with Crippen LogP contribution in [0.3, 0.4) is 0 Å². The summed E-state index contributed by atoms with van der Waals surface area (Å²) in [5.74, 6) is -4.22. The highest BCUT2D eigenvalue weighted by Crippen LogP contribution is 2.40. The van der Waals surface area contributed by atoms with Crippen molar-refractivity contribution in [2.45, 2.75) is 31.0 Å². The molecule has 1 aromatic carbocycles. The van der Waals surface area contributed by atoms with Gasteiger partial charge < -0.3 is 13.1 Å². The molecule has 3 rings (SSSR count). The zero-order valence-electron chi connectivity index (χ0n) is 17.6. The number of halogens is 7. The van der Waals surface area contributed by atoms with Crippen LogP contribution in [0.15, 0.2) is 30.3 Å². The van der Waals surface area contributed by atoms with Gasteiger partial charge in [-0.05, 0) is 38.1 Å². The second-order valence-electron chi connectivity index (χ2n) is 6.98. The fraction of sp³-hybridized carbons (Fsp3) is 0.294. The van der Waals surface area contributed by atoms with Gasteiger partial charge in [0.2, 0.25) is 11.8 Å². The summed E-state index contributed by atoms with van der Waals surface area (Å²) in [6, 6.07) is 4.02. The minimum Gasteiger partial charge on any atom is -0.473 e. The van der Waals surface area contributed by atoms with Crippen molar-refractivity contribution in [3.8, 4) is 23.2 Å². The van der Waals surface area contributed by atoms with Crippen LogP contribution < -0.4 is 13.1 Å². The lowest BCUT2D eigenvalue weighted by Crippen LogP contribution is -2.29. The summed E-state index contributed by atoms with van der Waals surface area (Å²) in [6.45, 7) is 2.88. The molecule has 0 saturated heterocycles. The van der Waals surface area contributed by atoms with Crippen molar-refractivity contribution < 1.29 is 60.7 Å². The van der Waals surface area contributed by atoms with Crippen molar-refractivity contribution in [2.75, 3.05) is 0 Å². The van der Waals surface area contributed by atoms with Crippen LogP contribution in [0, 0.1) is 5.82 Å². The Hall–Kier alpha value is -3.35. The topological polar surface area (TPSA) is 127 Å². The minimum atomic E-state index is -6.43. The van der Waals surface area contributed by atoms with Crippen LogP contribution in [-0.2, 0) is 20.2 Å². The van der Waals surface area contributed by atoms with Crippen molar-refractivity contribution in [3.63, 3.8) is 0 Å². The molecule has 0 aliphatic heterocycles. The van der Waals surface area contributed by atoms with Gasteiger partial charge in [-0.15, -0.1) is 5.10 Å². The van der Waals surface area contributed by atoms with Crippen LogP contribution in [0.4, 0.5) is 30.7 Å². The predicted molar refractivity (Wildman–Crippen MR) is 106 cm³/mol. The van der Waals surface area contributed by atoms with Gasteiger partial charge in [-0.1, -0.05) is 0 Å². The summed E-state index contributed by atoms with van der Waals surface area (Å²) in [5.41, 5.74) is -12.8. The highest BCUT2D eigenvalue weighted by molar-refractivity contribution is 7.88. The van der Waals surface area contributed by atoms with E-state index in [2.05, 4.69) is 18.4 Å². The monoisotopic (exact) mass is 567 g/mol. The molecule has 2 heterocycles. The van der Waals surface area contributed by atoms with Crippen LogP contribution in [-0.4, -0.2) is 48.7 Å². The zero-order valence-corrected chi connectivity index (χ0v) is 19.3. The Balaban J connectivity index is 2.38. The molecule has 0 spiro atoms. The van der Waals surface area contributed by atoms with Gasteiger partial charge in [-0.25, -0.2) is 9.07 Å². The molecule has 0 unspecified atom stereocenters. The molecule has 19 heteroatoms. The fourth-order valence-corrected chi connectivity index (χ4v) is 3.40. The van der Waals surface area contributed by atoms with Crippen molar-refractivity contribution in [3.05, 3.63) is 36.1 Å². The highest BCUT2D eigenvalue weighted by atomic mass is 32.2. The lowest BCUT2D eigenvalue weighted by molar-refractivity contribution is -0.0503. The first-order chi connectivity index (χ1) is 16.3. The van der Waals surface area contributed by atoms with Gasteiger partial charge in [0.05, 0.1) is 11.8 Å². The summed E-state index contributed by atoms with van der Waals surface area (Å²) in [6.07, 6.45) is -0.738. The van der Waals surface area contributed by atoms with E-state index >= 15 is 0 Å². The number of ether oxygens (including phenoxy) is 1. The highest BCUT2D eigenvalue weighted by Gasteiger charge is 2.50. The van der Waals surface area contributed by atoms with Gasteiger partial charge in [0.1, 0.15) is 11.2 Å². The molecule has 36 heavy (non-hydrogen) atoms. The largest absolute Gasteiger partial charge is 0.534 e. The Labute approximate surface area is 197 Å². The summed E-state index contributed by atoms with van der Waals surface area (Å²) in [5, 5.41) is 3.18. The number of aromatic nitrogens is 3. The lowest BCUT2D eigenvalue weighted by atomic mass is 10.3. The molecular weight excluding hydrogens is 555 g/mol. The number of alkyl halides is 6. The third-order valence-corrected chi connectivity index (χ3v) is 5.85. The van der Waals surface area contributed by atoms with Crippen LogP contribution in [0.1, 0.15) is 13.8 Å². The van der Waals surface area contributed by atoms with Gasteiger partial charge in [0.15, 0.2) is 11.4 Å². The van der Waals surface area contributed by atoms with E-state index in [4.69, 9.17) is 4.74 Å². The van der Waals surface area contributed by atoms with E-state index in [0.717, 1.165) is 24.3 Å². The molecule has 0 atom stereocenters. The molecular formula is C17H12F7N3O7S2. The van der Waals surface area contributed by atoms with Crippen molar-refractivity contribution >= 4 is 31.3 Å². The quantitative estimate of drug-likeness (QED) is 0.238. The number of rotatable bonds is 7. The van der Waals surface area contributed by atoms with E-state index in [0.29, 0.717) is 4.68 Å². The number of hydrogen-bond donors (Lipinski definition) is 0. The third-order valence-electron chi connectivity index (χ3n) is 3.93. The number of nitrogens with zero attached hydrogens (tertiary/aromatic N) is 3. The van der Waals surface area contributed by atoms with E-state index in [-0.39, 0.29) is 11.8 Å². The molecule has 198 valence electrons. The molecule has 0 aliphatic carbocycles.